The number of anilines is 1. The van der Waals surface area contributed by atoms with E-state index in [9.17, 15) is 4.39 Å². The van der Waals surface area contributed by atoms with Crippen LogP contribution in [0.2, 0.25) is 0 Å². The molecule has 1 aromatic rings. The predicted molar refractivity (Wildman–Crippen MR) is 68.4 cm³/mol. The highest BCUT2D eigenvalue weighted by Crippen LogP contribution is 2.27. The van der Waals surface area contributed by atoms with Gasteiger partial charge in [0.1, 0.15) is 5.82 Å². The molecule has 2 N–H and O–H groups in total. The molecule has 1 unspecified atom stereocenters. The molecule has 0 bridgehead atoms. The Kier molecular flexibility index (Phi) is 3.71. The lowest BCUT2D eigenvalue weighted by Gasteiger charge is -2.36. The summed E-state index contributed by atoms with van der Waals surface area (Å²) in [7, 11) is 0. The van der Waals surface area contributed by atoms with Crippen molar-refractivity contribution in [2.45, 2.75) is 19.5 Å². The molecule has 0 amide bonds. The van der Waals surface area contributed by atoms with Gasteiger partial charge in [0.15, 0.2) is 0 Å². The van der Waals surface area contributed by atoms with Crippen molar-refractivity contribution in [2.24, 2.45) is 5.73 Å². The van der Waals surface area contributed by atoms with Gasteiger partial charge < -0.3 is 10.6 Å². The molecular formula is C12H17FN2S. The number of benzene rings is 1. The van der Waals surface area contributed by atoms with Crippen molar-refractivity contribution >= 4 is 17.4 Å². The molecule has 88 valence electrons. The summed E-state index contributed by atoms with van der Waals surface area (Å²) in [6, 6.07) is 5.41. The average Bonchev–Trinajstić information content (AvgIpc) is 2.30. The second kappa shape index (κ2) is 5.06. The van der Waals surface area contributed by atoms with E-state index in [-0.39, 0.29) is 5.82 Å². The van der Waals surface area contributed by atoms with Crippen LogP contribution < -0.4 is 10.6 Å². The highest BCUT2D eigenvalue weighted by molar-refractivity contribution is 7.99. The van der Waals surface area contributed by atoms with E-state index in [0.717, 1.165) is 29.3 Å². The monoisotopic (exact) mass is 240 g/mol. The first kappa shape index (κ1) is 11.7. The van der Waals surface area contributed by atoms with Gasteiger partial charge in [-0.05, 0) is 30.7 Å². The Balaban J connectivity index is 2.30. The third kappa shape index (κ3) is 2.33. The fraction of sp³-hybridized carbons (Fsp3) is 0.500. The minimum Gasteiger partial charge on any atom is -0.367 e. The maximum Gasteiger partial charge on any atom is 0.123 e. The van der Waals surface area contributed by atoms with Crippen molar-refractivity contribution < 1.29 is 4.39 Å². The zero-order chi connectivity index (χ0) is 11.5. The lowest BCUT2D eigenvalue weighted by molar-refractivity contribution is 0.623. The summed E-state index contributed by atoms with van der Waals surface area (Å²) in [5.74, 6) is 2.05. The lowest BCUT2D eigenvalue weighted by Crippen LogP contribution is -2.41. The van der Waals surface area contributed by atoms with E-state index in [1.807, 2.05) is 17.8 Å². The van der Waals surface area contributed by atoms with Crippen molar-refractivity contribution in [2.75, 3.05) is 23.0 Å². The smallest absolute Gasteiger partial charge is 0.123 e. The highest BCUT2D eigenvalue weighted by Gasteiger charge is 2.20. The topological polar surface area (TPSA) is 29.3 Å². The Morgan fingerprint density at radius 3 is 3.06 bits per heavy atom. The van der Waals surface area contributed by atoms with Gasteiger partial charge in [0, 0.05) is 36.3 Å². The normalized spacial score (nSPS) is 21.2. The molecule has 2 rings (SSSR count). The Morgan fingerprint density at radius 2 is 2.38 bits per heavy atom. The zero-order valence-corrected chi connectivity index (χ0v) is 10.3. The molecule has 0 radical (unpaired) electrons. The molecule has 0 saturated carbocycles. The summed E-state index contributed by atoms with van der Waals surface area (Å²) < 4.78 is 13.1. The van der Waals surface area contributed by atoms with Crippen LogP contribution in [0.3, 0.4) is 0 Å². The number of halogens is 1. The van der Waals surface area contributed by atoms with Gasteiger partial charge in [-0.3, -0.25) is 0 Å². The quantitative estimate of drug-likeness (QED) is 0.859. The molecule has 1 aliphatic rings. The molecule has 1 fully saturated rings. The minimum absolute atomic E-state index is 0.205. The summed E-state index contributed by atoms with van der Waals surface area (Å²) in [4.78, 5) is 2.33. The third-order valence-corrected chi connectivity index (χ3v) is 4.13. The van der Waals surface area contributed by atoms with E-state index in [1.54, 1.807) is 6.07 Å². The molecule has 2 nitrogen and oxygen atoms in total. The Bertz CT molecular complexity index is 370. The molecule has 16 heavy (non-hydrogen) atoms. The Hall–Kier alpha value is -0.740. The summed E-state index contributed by atoms with van der Waals surface area (Å²) >= 11 is 1.97. The molecule has 0 aromatic heterocycles. The molecule has 1 saturated heterocycles. The van der Waals surface area contributed by atoms with E-state index in [4.69, 9.17) is 5.73 Å². The van der Waals surface area contributed by atoms with Gasteiger partial charge in [0.2, 0.25) is 0 Å². The van der Waals surface area contributed by atoms with Crippen molar-refractivity contribution in [1.29, 1.82) is 0 Å². The SMILES string of the molecule is CC1CSCCN1c1ccc(F)cc1CN. The van der Waals surface area contributed by atoms with Gasteiger partial charge in [0.25, 0.3) is 0 Å². The fourth-order valence-electron chi connectivity index (χ4n) is 2.08. The van der Waals surface area contributed by atoms with E-state index in [1.165, 1.54) is 6.07 Å². The van der Waals surface area contributed by atoms with Crippen LogP contribution in [0.15, 0.2) is 18.2 Å². The van der Waals surface area contributed by atoms with Crippen LogP contribution in [0.1, 0.15) is 12.5 Å². The van der Waals surface area contributed by atoms with Crippen LogP contribution in [0.25, 0.3) is 0 Å². The summed E-state index contributed by atoms with van der Waals surface area (Å²) in [5.41, 5.74) is 7.67. The minimum atomic E-state index is -0.205. The van der Waals surface area contributed by atoms with Crippen molar-refractivity contribution in [3.05, 3.63) is 29.6 Å². The number of rotatable bonds is 2. The van der Waals surface area contributed by atoms with Crippen molar-refractivity contribution in [3.8, 4) is 0 Å². The number of nitrogens with zero attached hydrogens (tertiary/aromatic N) is 1. The Morgan fingerprint density at radius 1 is 1.56 bits per heavy atom. The maximum atomic E-state index is 13.1. The van der Waals surface area contributed by atoms with Crippen LogP contribution in [0.4, 0.5) is 10.1 Å². The van der Waals surface area contributed by atoms with Gasteiger partial charge >= 0.3 is 0 Å². The fourth-order valence-corrected chi connectivity index (χ4v) is 3.10. The van der Waals surface area contributed by atoms with Crippen LogP contribution in [0, 0.1) is 5.82 Å². The van der Waals surface area contributed by atoms with Crippen molar-refractivity contribution in [3.63, 3.8) is 0 Å². The Labute approximate surface area is 100 Å². The van der Waals surface area contributed by atoms with E-state index in [0.29, 0.717) is 12.6 Å². The maximum absolute atomic E-state index is 13.1. The van der Waals surface area contributed by atoms with Crippen LogP contribution in [0.5, 0.6) is 0 Å². The molecule has 0 aliphatic carbocycles. The summed E-state index contributed by atoms with van der Waals surface area (Å²) in [6.07, 6.45) is 0. The van der Waals surface area contributed by atoms with Crippen LogP contribution >= 0.6 is 11.8 Å². The highest BCUT2D eigenvalue weighted by atomic mass is 32.2. The van der Waals surface area contributed by atoms with Gasteiger partial charge in [-0.1, -0.05) is 0 Å². The molecule has 1 heterocycles. The predicted octanol–water partition coefficient (Wildman–Crippen LogP) is 2.23. The molecule has 1 aliphatic heterocycles. The van der Waals surface area contributed by atoms with Gasteiger partial charge in [-0.2, -0.15) is 11.8 Å². The lowest BCUT2D eigenvalue weighted by atomic mass is 10.1. The number of hydrogen-bond donors (Lipinski definition) is 1. The number of hydrogen-bond acceptors (Lipinski definition) is 3. The van der Waals surface area contributed by atoms with Crippen LogP contribution in [-0.2, 0) is 6.54 Å². The van der Waals surface area contributed by atoms with Crippen LogP contribution in [-0.4, -0.2) is 24.1 Å². The van der Waals surface area contributed by atoms with Gasteiger partial charge in [-0.15, -0.1) is 0 Å². The van der Waals surface area contributed by atoms with Crippen molar-refractivity contribution in [1.82, 2.24) is 0 Å². The first-order valence-electron chi connectivity index (χ1n) is 5.55. The molecular weight excluding hydrogens is 223 g/mol. The van der Waals surface area contributed by atoms with E-state index >= 15 is 0 Å². The first-order chi connectivity index (χ1) is 7.72. The van der Waals surface area contributed by atoms with Gasteiger partial charge in [-0.25, -0.2) is 4.39 Å². The first-order valence-corrected chi connectivity index (χ1v) is 6.70. The van der Waals surface area contributed by atoms with E-state index in [2.05, 4.69) is 11.8 Å². The largest absolute Gasteiger partial charge is 0.367 e. The van der Waals surface area contributed by atoms with E-state index < -0.39 is 0 Å². The third-order valence-electron chi connectivity index (χ3n) is 2.94. The molecule has 1 aromatic carbocycles. The summed E-state index contributed by atoms with van der Waals surface area (Å²) in [6.45, 7) is 3.61. The second-order valence-corrected chi connectivity index (χ2v) is 5.24. The van der Waals surface area contributed by atoms with Gasteiger partial charge in [0.05, 0.1) is 0 Å². The second-order valence-electron chi connectivity index (χ2n) is 4.09. The summed E-state index contributed by atoms with van der Waals surface area (Å²) in [5, 5.41) is 0. The number of nitrogens with two attached hydrogens (primary N) is 1. The zero-order valence-electron chi connectivity index (χ0n) is 9.45. The molecule has 4 heteroatoms. The average molecular weight is 240 g/mol. The molecule has 0 spiro atoms. The number of thioether (sulfide) groups is 1. The molecule has 1 atom stereocenters. The standard InChI is InChI=1S/C12H17FN2S/c1-9-8-16-5-4-15(9)12-3-2-11(13)6-10(12)7-14/h2-3,6,9H,4-5,7-8,14H2,1H3.